The third-order valence-electron chi connectivity index (χ3n) is 3.47. The Morgan fingerprint density at radius 1 is 1.33 bits per heavy atom. The second kappa shape index (κ2) is 5.05. The minimum absolute atomic E-state index is 0.229. The molecule has 0 bridgehead atoms. The summed E-state index contributed by atoms with van der Waals surface area (Å²) in [6, 6.07) is 12.5. The van der Waals surface area contributed by atoms with Gasteiger partial charge in [0.1, 0.15) is 5.41 Å². The number of nitrogens with zero attached hydrogens (tertiary/aromatic N) is 3. The molecule has 1 unspecified atom stereocenters. The van der Waals surface area contributed by atoms with Crippen LogP contribution in [0.3, 0.4) is 0 Å². The van der Waals surface area contributed by atoms with Gasteiger partial charge in [-0.05, 0) is 11.5 Å². The summed E-state index contributed by atoms with van der Waals surface area (Å²) in [5.41, 5.74) is 0.554. The smallest absolute Gasteiger partial charge is 0.102 e. The highest BCUT2D eigenvalue weighted by Gasteiger charge is 2.36. The lowest BCUT2D eigenvalue weighted by Crippen LogP contribution is -2.35. The molecule has 0 radical (unpaired) electrons. The molecule has 0 saturated carbocycles. The Hall–Kier alpha value is -2.08. The van der Waals surface area contributed by atoms with Crippen LogP contribution in [0.5, 0.6) is 0 Å². The van der Waals surface area contributed by atoms with Crippen molar-refractivity contribution in [2.24, 2.45) is 5.92 Å². The number of aromatic nitrogens is 2. The fourth-order valence-corrected chi connectivity index (χ4v) is 2.24. The highest BCUT2D eigenvalue weighted by atomic mass is 15.0. The number of hydrogen-bond acceptors (Lipinski definition) is 2. The Morgan fingerprint density at radius 2 is 2.06 bits per heavy atom. The first kappa shape index (κ1) is 12.4. The highest BCUT2D eigenvalue weighted by Crippen LogP contribution is 2.33. The van der Waals surface area contributed by atoms with Crippen molar-refractivity contribution in [2.45, 2.75) is 25.8 Å². The van der Waals surface area contributed by atoms with E-state index in [2.05, 4.69) is 24.9 Å². The van der Waals surface area contributed by atoms with Crippen LogP contribution in [0.25, 0.3) is 0 Å². The molecule has 0 N–H and O–H groups in total. The Bertz CT molecular complexity index is 523. The summed E-state index contributed by atoms with van der Waals surface area (Å²) in [6.45, 7) is 4.81. The van der Waals surface area contributed by atoms with Crippen molar-refractivity contribution in [1.29, 1.82) is 5.26 Å². The van der Waals surface area contributed by atoms with Crippen LogP contribution < -0.4 is 0 Å². The summed E-state index contributed by atoms with van der Waals surface area (Å²) in [5.74, 6) is 0.229. The topological polar surface area (TPSA) is 41.6 Å². The van der Waals surface area contributed by atoms with Gasteiger partial charge in [-0.25, -0.2) is 4.98 Å². The molecule has 1 heterocycles. The molecular weight excluding hydrogens is 222 g/mol. The number of rotatable bonds is 4. The van der Waals surface area contributed by atoms with E-state index in [4.69, 9.17) is 0 Å². The van der Waals surface area contributed by atoms with Crippen LogP contribution in [0.1, 0.15) is 19.4 Å². The van der Waals surface area contributed by atoms with Crippen LogP contribution >= 0.6 is 0 Å². The number of imidazole rings is 1. The fourth-order valence-electron chi connectivity index (χ4n) is 2.24. The van der Waals surface area contributed by atoms with E-state index in [1.165, 1.54) is 0 Å². The molecule has 1 atom stereocenters. The minimum Gasteiger partial charge on any atom is -0.336 e. The maximum absolute atomic E-state index is 9.72. The van der Waals surface area contributed by atoms with Crippen molar-refractivity contribution in [1.82, 2.24) is 9.55 Å². The van der Waals surface area contributed by atoms with Gasteiger partial charge in [-0.3, -0.25) is 0 Å². The summed E-state index contributed by atoms with van der Waals surface area (Å²) in [6.07, 6.45) is 5.41. The van der Waals surface area contributed by atoms with Gasteiger partial charge in [-0.2, -0.15) is 5.26 Å². The predicted molar refractivity (Wildman–Crippen MR) is 70.8 cm³/mol. The molecule has 0 aliphatic rings. The Kier molecular flexibility index (Phi) is 3.47. The van der Waals surface area contributed by atoms with E-state index in [1.807, 2.05) is 41.1 Å². The summed E-state index contributed by atoms with van der Waals surface area (Å²) in [4.78, 5) is 4.05. The predicted octanol–water partition coefficient (Wildman–Crippen LogP) is 3.00. The Morgan fingerprint density at radius 3 is 2.56 bits per heavy atom. The fraction of sp³-hybridized carbons (Fsp3) is 0.333. The average Bonchev–Trinajstić information content (AvgIpc) is 2.89. The third kappa shape index (κ3) is 2.14. The zero-order valence-electron chi connectivity index (χ0n) is 10.7. The SMILES string of the molecule is CC(C)C(C#N)(Cn1ccnc1)c1ccccc1. The molecule has 2 rings (SSSR count). The van der Waals surface area contributed by atoms with Crippen LogP contribution in [-0.2, 0) is 12.0 Å². The largest absolute Gasteiger partial charge is 0.336 e. The van der Waals surface area contributed by atoms with Gasteiger partial charge in [0, 0.05) is 18.9 Å². The number of benzene rings is 1. The molecule has 0 spiro atoms. The molecule has 3 nitrogen and oxygen atoms in total. The van der Waals surface area contributed by atoms with E-state index in [0.717, 1.165) is 5.56 Å². The van der Waals surface area contributed by atoms with E-state index in [-0.39, 0.29) is 5.92 Å². The van der Waals surface area contributed by atoms with Crippen LogP contribution in [0, 0.1) is 17.2 Å². The van der Waals surface area contributed by atoms with Crippen LogP contribution in [-0.4, -0.2) is 9.55 Å². The molecule has 0 fully saturated rings. The van der Waals surface area contributed by atoms with Crippen LogP contribution in [0.4, 0.5) is 0 Å². The molecular formula is C15H17N3. The van der Waals surface area contributed by atoms with E-state index in [1.54, 1.807) is 12.5 Å². The van der Waals surface area contributed by atoms with Crippen molar-refractivity contribution in [2.75, 3.05) is 0 Å². The van der Waals surface area contributed by atoms with E-state index in [0.29, 0.717) is 6.54 Å². The standard InChI is InChI=1S/C15H17N3/c1-13(2)15(10-16,11-18-9-8-17-12-18)14-6-4-3-5-7-14/h3-9,12-13H,11H2,1-2H3. The zero-order valence-corrected chi connectivity index (χ0v) is 10.7. The van der Waals surface area contributed by atoms with Gasteiger partial charge in [-0.1, -0.05) is 44.2 Å². The average molecular weight is 239 g/mol. The Balaban J connectivity index is 2.44. The van der Waals surface area contributed by atoms with Gasteiger partial charge in [0.15, 0.2) is 0 Å². The lowest BCUT2D eigenvalue weighted by Gasteiger charge is -2.31. The van der Waals surface area contributed by atoms with E-state index in [9.17, 15) is 5.26 Å². The monoisotopic (exact) mass is 239 g/mol. The van der Waals surface area contributed by atoms with Crippen molar-refractivity contribution in [3.05, 3.63) is 54.6 Å². The molecule has 0 aliphatic carbocycles. The number of hydrogen-bond donors (Lipinski definition) is 0. The molecule has 92 valence electrons. The molecule has 0 aliphatic heterocycles. The first-order chi connectivity index (χ1) is 8.69. The molecule has 1 aromatic heterocycles. The number of nitriles is 1. The normalized spacial score (nSPS) is 14.1. The van der Waals surface area contributed by atoms with E-state index < -0.39 is 5.41 Å². The van der Waals surface area contributed by atoms with Gasteiger partial charge >= 0.3 is 0 Å². The minimum atomic E-state index is -0.512. The van der Waals surface area contributed by atoms with Crippen molar-refractivity contribution >= 4 is 0 Å². The van der Waals surface area contributed by atoms with Crippen molar-refractivity contribution in [3.8, 4) is 6.07 Å². The Labute approximate surface area is 108 Å². The van der Waals surface area contributed by atoms with Gasteiger partial charge in [0.05, 0.1) is 12.4 Å². The molecule has 1 aromatic carbocycles. The van der Waals surface area contributed by atoms with Gasteiger partial charge in [0.25, 0.3) is 0 Å². The zero-order chi connectivity index (χ0) is 13.0. The maximum atomic E-state index is 9.72. The molecule has 3 heteroatoms. The van der Waals surface area contributed by atoms with Gasteiger partial charge < -0.3 is 4.57 Å². The maximum Gasteiger partial charge on any atom is 0.102 e. The molecule has 18 heavy (non-hydrogen) atoms. The quantitative estimate of drug-likeness (QED) is 0.823. The second-order valence-corrected chi connectivity index (χ2v) is 4.84. The third-order valence-corrected chi connectivity index (χ3v) is 3.47. The van der Waals surface area contributed by atoms with Crippen molar-refractivity contribution < 1.29 is 0 Å². The van der Waals surface area contributed by atoms with Gasteiger partial charge in [-0.15, -0.1) is 0 Å². The summed E-state index contributed by atoms with van der Waals surface area (Å²) < 4.78 is 1.97. The van der Waals surface area contributed by atoms with Crippen LogP contribution in [0.2, 0.25) is 0 Å². The van der Waals surface area contributed by atoms with Gasteiger partial charge in [0.2, 0.25) is 0 Å². The van der Waals surface area contributed by atoms with E-state index >= 15 is 0 Å². The summed E-state index contributed by atoms with van der Waals surface area (Å²) in [7, 11) is 0. The lowest BCUT2D eigenvalue weighted by atomic mass is 9.72. The lowest BCUT2D eigenvalue weighted by molar-refractivity contribution is 0.342. The first-order valence-electron chi connectivity index (χ1n) is 6.11. The summed E-state index contributed by atoms with van der Waals surface area (Å²) >= 11 is 0. The van der Waals surface area contributed by atoms with Crippen molar-refractivity contribution in [3.63, 3.8) is 0 Å². The summed E-state index contributed by atoms with van der Waals surface area (Å²) in [5, 5.41) is 9.72. The molecule has 0 saturated heterocycles. The second-order valence-electron chi connectivity index (χ2n) is 4.84. The molecule has 0 amide bonds. The molecule has 2 aromatic rings. The first-order valence-corrected chi connectivity index (χ1v) is 6.11. The highest BCUT2D eigenvalue weighted by molar-refractivity contribution is 5.33. The van der Waals surface area contributed by atoms with Crippen LogP contribution in [0.15, 0.2) is 49.1 Å².